The number of hydrogen-bond donors (Lipinski definition) is 2. The van der Waals surface area contributed by atoms with Crippen molar-refractivity contribution in [2.75, 3.05) is 0 Å². The molecule has 0 amide bonds. The molecule has 0 fully saturated rings. The number of phenols is 2. The Morgan fingerprint density at radius 3 is 2.54 bits per heavy atom. The normalized spacial score (nSPS) is 10.5. The van der Waals surface area contributed by atoms with Crippen LogP contribution in [-0.4, -0.2) is 21.3 Å². The Labute approximate surface area is 136 Å². The number of carbonyl (C=O) groups excluding carboxylic acids is 1. The van der Waals surface area contributed by atoms with Crippen molar-refractivity contribution in [3.05, 3.63) is 63.7 Å². The zero-order chi connectivity index (χ0) is 17.7. The minimum absolute atomic E-state index is 0.0299. The van der Waals surface area contributed by atoms with Crippen LogP contribution in [-0.2, 0) is 4.79 Å². The molecule has 0 spiro atoms. The smallest absolute Gasteiger partial charge is 0.336 e. The highest BCUT2D eigenvalue weighted by atomic mass is 17.0. The summed E-state index contributed by atoms with van der Waals surface area (Å²) in [6.07, 6.45) is 2.50. The van der Waals surface area contributed by atoms with Gasteiger partial charge in [0, 0.05) is 11.6 Å². The Morgan fingerprint density at radius 1 is 1.17 bits per heavy atom. The zero-order valence-corrected chi connectivity index (χ0v) is 12.5. The molecule has 0 atom stereocenters. The average molecular weight is 331 g/mol. The molecule has 2 N–H and O–H groups in total. The van der Waals surface area contributed by atoms with Crippen LogP contribution in [0.1, 0.15) is 11.1 Å². The van der Waals surface area contributed by atoms with Crippen LogP contribution in [0.25, 0.3) is 6.08 Å². The van der Waals surface area contributed by atoms with Crippen molar-refractivity contribution in [2.24, 2.45) is 0 Å². The second kappa shape index (κ2) is 7.14. The van der Waals surface area contributed by atoms with Crippen molar-refractivity contribution in [2.45, 2.75) is 6.92 Å². The maximum absolute atomic E-state index is 11.8. The largest absolute Gasteiger partial charge is 0.504 e. The fourth-order valence-electron chi connectivity index (χ4n) is 1.83. The number of ether oxygens (including phenoxy) is 1. The van der Waals surface area contributed by atoms with Gasteiger partial charge in [-0.1, -0.05) is 12.1 Å². The van der Waals surface area contributed by atoms with Crippen molar-refractivity contribution in [3.63, 3.8) is 0 Å². The Hall–Kier alpha value is -3.55. The zero-order valence-electron chi connectivity index (χ0n) is 12.5. The molecule has 0 saturated carbocycles. The van der Waals surface area contributed by atoms with Gasteiger partial charge < -0.3 is 14.9 Å². The van der Waals surface area contributed by atoms with Crippen LogP contribution in [0.5, 0.6) is 23.0 Å². The molecule has 0 aliphatic carbocycles. The summed E-state index contributed by atoms with van der Waals surface area (Å²) in [6.45, 7) is 1.52. The first-order chi connectivity index (χ1) is 11.4. The number of nitrogens with zero attached hydrogens (tertiary/aromatic N) is 1. The molecular weight excluding hydrogens is 318 g/mol. The average Bonchev–Trinajstić information content (AvgIpc) is 2.52. The Kier molecular flexibility index (Phi) is 5.00. The first-order valence-corrected chi connectivity index (χ1v) is 6.70. The first-order valence-electron chi connectivity index (χ1n) is 6.70. The molecular formula is C16H13NO7. The summed E-state index contributed by atoms with van der Waals surface area (Å²) in [6, 6.07) is 8.36. The van der Waals surface area contributed by atoms with Gasteiger partial charge in [-0.25, -0.2) is 4.79 Å². The van der Waals surface area contributed by atoms with Crippen LogP contribution in [0.3, 0.4) is 0 Å². The summed E-state index contributed by atoms with van der Waals surface area (Å²) in [5.41, 5.74) is 0.780. The van der Waals surface area contributed by atoms with Gasteiger partial charge in [-0.15, -0.1) is 10.1 Å². The quantitative estimate of drug-likeness (QED) is 0.216. The Bertz CT molecular complexity index is 814. The second-order valence-electron chi connectivity index (χ2n) is 4.70. The van der Waals surface area contributed by atoms with Crippen LogP contribution >= 0.6 is 0 Å². The molecule has 2 aromatic rings. The SMILES string of the molecule is Cc1c(OC(=O)C=Cc2ccc(O)c(O)c2)cccc1O[N+](=O)[O-]. The van der Waals surface area contributed by atoms with Crippen LogP contribution < -0.4 is 9.57 Å². The van der Waals surface area contributed by atoms with Crippen LogP contribution in [0, 0.1) is 17.0 Å². The van der Waals surface area contributed by atoms with Crippen molar-refractivity contribution < 1.29 is 29.7 Å². The highest BCUT2D eigenvalue weighted by Gasteiger charge is 2.11. The lowest BCUT2D eigenvalue weighted by Gasteiger charge is -2.08. The Balaban J connectivity index is 2.10. The monoisotopic (exact) mass is 331 g/mol. The van der Waals surface area contributed by atoms with E-state index in [-0.39, 0.29) is 23.0 Å². The second-order valence-corrected chi connectivity index (χ2v) is 4.70. The van der Waals surface area contributed by atoms with Crippen LogP contribution in [0.4, 0.5) is 0 Å². The minimum atomic E-state index is -0.953. The third-order valence-electron chi connectivity index (χ3n) is 3.03. The molecule has 8 heteroatoms. The third-order valence-corrected chi connectivity index (χ3v) is 3.03. The number of carbonyl (C=O) groups is 1. The molecule has 0 aliphatic rings. The van der Waals surface area contributed by atoms with Crippen molar-refractivity contribution in [1.29, 1.82) is 0 Å². The van der Waals surface area contributed by atoms with Gasteiger partial charge in [-0.05, 0) is 42.8 Å². The standard InChI is InChI=1S/C16H13NO7/c1-10-14(3-2-4-15(10)24-17(21)22)23-16(20)8-6-11-5-7-12(18)13(19)9-11/h2-9,18-19H,1H3. The summed E-state index contributed by atoms with van der Waals surface area (Å²) < 4.78 is 5.10. The van der Waals surface area contributed by atoms with Crippen LogP contribution in [0.15, 0.2) is 42.5 Å². The summed E-state index contributed by atoms with van der Waals surface area (Å²) in [7, 11) is 0. The first kappa shape index (κ1) is 16.8. The van der Waals surface area contributed by atoms with Crippen LogP contribution in [0.2, 0.25) is 0 Å². The maximum Gasteiger partial charge on any atom is 0.336 e. The van der Waals surface area contributed by atoms with E-state index >= 15 is 0 Å². The molecule has 124 valence electrons. The van der Waals surface area contributed by atoms with Crippen molar-refractivity contribution >= 4 is 12.0 Å². The molecule has 0 unspecified atom stereocenters. The fourth-order valence-corrected chi connectivity index (χ4v) is 1.83. The van der Waals surface area contributed by atoms with E-state index in [1.54, 1.807) is 0 Å². The molecule has 0 bridgehead atoms. The molecule has 2 rings (SSSR count). The van der Waals surface area contributed by atoms with Crippen molar-refractivity contribution in [3.8, 4) is 23.0 Å². The number of benzene rings is 2. The molecule has 0 aromatic heterocycles. The van der Waals surface area contributed by atoms with Gasteiger partial charge >= 0.3 is 5.97 Å². The third kappa shape index (κ3) is 4.23. The summed E-state index contributed by atoms with van der Waals surface area (Å²) in [5.74, 6) is -1.21. The predicted molar refractivity (Wildman–Crippen MR) is 83.2 cm³/mol. The van der Waals surface area contributed by atoms with E-state index in [1.165, 1.54) is 49.4 Å². The molecule has 8 nitrogen and oxygen atoms in total. The summed E-state index contributed by atoms with van der Waals surface area (Å²) >= 11 is 0. The van der Waals surface area contributed by atoms with Crippen molar-refractivity contribution in [1.82, 2.24) is 0 Å². The van der Waals surface area contributed by atoms with Gasteiger partial charge in [0.15, 0.2) is 11.5 Å². The van der Waals surface area contributed by atoms with Gasteiger partial charge in [0.25, 0.3) is 5.09 Å². The van der Waals surface area contributed by atoms with Gasteiger partial charge in [-0.2, -0.15) is 0 Å². The molecule has 0 heterocycles. The minimum Gasteiger partial charge on any atom is -0.504 e. The number of rotatable bonds is 5. The lowest BCUT2D eigenvalue weighted by molar-refractivity contribution is -0.711. The molecule has 2 aromatic carbocycles. The lowest BCUT2D eigenvalue weighted by atomic mass is 10.2. The van der Waals surface area contributed by atoms with E-state index in [1.807, 2.05) is 0 Å². The number of esters is 1. The van der Waals surface area contributed by atoms with E-state index < -0.39 is 11.1 Å². The predicted octanol–water partition coefficient (Wildman–Crippen LogP) is 2.60. The van der Waals surface area contributed by atoms with Gasteiger partial charge in [0.1, 0.15) is 11.5 Å². The van der Waals surface area contributed by atoms with E-state index in [0.717, 1.165) is 6.08 Å². The fraction of sp³-hybridized carbons (Fsp3) is 0.0625. The number of phenolic OH excluding ortho intramolecular Hbond substituents is 2. The van der Waals surface area contributed by atoms with Gasteiger partial charge in [-0.3, -0.25) is 4.84 Å². The Morgan fingerprint density at radius 2 is 1.88 bits per heavy atom. The summed E-state index contributed by atoms with van der Waals surface area (Å²) in [5, 5.41) is 28.0. The molecule has 24 heavy (non-hydrogen) atoms. The highest BCUT2D eigenvalue weighted by molar-refractivity contribution is 5.89. The molecule has 0 saturated heterocycles. The number of hydrogen-bond acceptors (Lipinski definition) is 7. The number of aromatic hydroxyl groups is 2. The van der Waals surface area contributed by atoms with E-state index in [0.29, 0.717) is 11.1 Å². The molecule has 0 aliphatic heterocycles. The molecule has 0 radical (unpaired) electrons. The van der Waals surface area contributed by atoms with Gasteiger partial charge in [0.05, 0.1) is 0 Å². The van der Waals surface area contributed by atoms with E-state index in [2.05, 4.69) is 4.84 Å². The van der Waals surface area contributed by atoms with E-state index in [4.69, 9.17) is 4.74 Å². The van der Waals surface area contributed by atoms with E-state index in [9.17, 15) is 25.1 Å². The van der Waals surface area contributed by atoms with Gasteiger partial charge in [0.2, 0.25) is 0 Å². The summed E-state index contributed by atoms with van der Waals surface area (Å²) in [4.78, 5) is 26.6. The highest BCUT2D eigenvalue weighted by Crippen LogP contribution is 2.28. The maximum atomic E-state index is 11.8. The lowest BCUT2D eigenvalue weighted by Crippen LogP contribution is -2.08. The topological polar surface area (TPSA) is 119 Å².